The maximum atomic E-state index is 13.1. The van der Waals surface area contributed by atoms with E-state index in [4.69, 9.17) is 14.5 Å². The molecule has 4 rings (SSSR count). The maximum Gasteiger partial charge on any atom is 0.242 e. The predicted octanol–water partition coefficient (Wildman–Crippen LogP) is 4.44. The summed E-state index contributed by atoms with van der Waals surface area (Å²) >= 11 is 1.37. The second-order valence-electron chi connectivity index (χ2n) is 8.10. The molecule has 1 aliphatic carbocycles. The molecule has 8 heteroatoms. The van der Waals surface area contributed by atoms with Crippen molar-refractivity contribution in [2.24, 2.45) is 4.99 Å². The van der Waals surface area contributed by atoms with E-state index in [1.807, 2.05) is 26.0 Å². The summed E-state index contributed by atoms with van der Waals surface area (Å²) in [6, 6.07) is 11.5. The quantitative estimate of drug-likeness (QED) is 0.670. The van der Waals surface area contributed by atoms with Gasteiger partial charge in [0, 0.05) is 18.5 Å². The lowest BCUT2D eigenvalue weighted by Gasteiger charge is -2.15. The van der Waals surface area contributed by atoms with Gasteiger partial charge in [0.2, 0.25) is 11.8 Å². The Morgan fingerprint density at radius 2 is 1.84 bits per heavy atom. The predicted molar refractivity (Wildman–Crippen MR) is 127 cm³/mol. The summed E-state index contributed by atoms with van der Waals surface area (Å²) in [5, 5.41) is 3.04. The highest BCUT2D eigenvalue weighted by atomic mass is 32.2. The third-order valence-electron chi connectivity index (χ3n) is 5.36. The first-order valence-electron chi connectivity index (χ1n) is 10.6. The van der Waals surface area contributed by atoms with Gasteiger partial charge in [-0.15, -0.1) is 0 Å². The van der Waals surface area contributed by atoms with Crippen LogP contribution < -0.4 is 14.8 Å². The molecule has 1 saturated carbocycles. The number of amidine groups is 1. The Labute approximate surface area is 192 Å². The van der Waals surface area contributed by atoms with Gasteiger partial charge >= 0.3 is 0 Å². The molecule has 0 radical (unpaired) electrons. The number of aryl methyl sites for hydroxylation is 2. The van der Waals surface area contributed by atoms with Gasteiger partial charge in [-0.3, -0.25) is 14.5 Å². The number of hydrogen-bond donors (Lipinski definition) is 1. The highest BCUT2D eigenvalue weighted by Gasteiger charge is 2.46. The smallest absolute Gasteiger partial charge is 0.242 e. The van der Waals surface area contributed by atoms with Crippen molar-refractivity contribution in [2.75, 3.05) is 19.5 Å². The van der Waals surface area contributed by atoms with Crippen LogP contribution in [0, 0.1) is 13.8 Å². The van der Waals surface area contributed by atoms with E-state index >= 15 is 0 Å². The number of nitrogens with zero attached hydrogens (tertiary/aromatic N) is 2. The summed E-state index contributed by atoms with van der Waals surface area (Å²) in [6.07, 6.45) is 2.01. The monoisotopic (exact) mass is 453 g/mol. The molecule has 0 aromatic heterocycles. The number of nitrogens with one attached hydrogen (secondary N) is 1. The molecule has 2 aliphatic rings. The summed E-state index contributed by atoms with van der Waals surface area (Å²) in [6.45, 7) is 4.06. The summed E-state index contributed by atoms with van der Waals surface area (Å²) in [5.74, 6) is 0.841. The van der Waals surface area contributed by atoms with Crippen molar-refractivity contribution in [2.45, 2.75) is 44.4 Å². The minimum Gasteiger partial charge on any atom is -0.497 e. The van der Waals surface area contributed by atoms with E-state index < -0.39 is 5.25 Å². The fourth-order valence-electron chi connectivity index (χ4n) is 3.76. The van der Waals surface area contributed by atoms with E-state index in [-0.39, 0.29) is 24.3 Å². The number of thioether (sulfide) groups is 1. The van der Waals surface area contributed by atoms with Crippen LogP contribution in [0.2, 0.25) is 0 Å². The molecule has 2 fully saturated rings. The van der Waals surface area contributed by atoms with Gasteiger partial charge in [0.1, 0.15) is 16.7 Å². The number of aliphatic imine (C=N–C) groups is 1. The summed E-state index contributed by atoms with van der Waals surface area (Å²) in [7, 11) is 3.10. The summed E-state index contributed by atoms with van der Waals surface area (Å²) < 4.78 is 10.5. The molecular formula is C24H27N3O4S. The van der Waals surface area contributed by atoms with Crippen LogP contribution in [-0.4, -0.2) is 47.4 Å². The average molecular weight is 454 g/mol. The molecule has 1 N–H and O–H groups in total. The van der Waals surface area contributed by atoms with Gasteiger partial charge in [0.15, 0.2) is 5.17 Å². The Balaban J connectivity index is 1.50. The van der Waals surface area contributed by atoms with Crippen LogP contribution in [0.25, 0.3) is 0 Å². The van der Waals surface area contributed by atoms with E-state index in [9.17, 15) is 9.59 Å². The maximum absolute atomic E-state index is 13.1. The number of hydrogen-bond acceptors (Lipinski definition) is 6. The van der Waals surface area contributed by atoms with Crippen molar-refractivity contribution < 1.29 is 19.1 Å². The minimum absolute atomic E-state index is 0.0440. The van der Waals surface area contributed by atoms with Crippen molar-refractivity contribution in [3.63, 3.8) is 0 Å². The number of methoxy groups -OCH3 is 2. The molecular weight excluding hydrogens is 426 g/mol. The number of rotatable bonds is 7. The normalized spacial score (nSPS) is 19.4. The van der Waals surface area contributed by atoms with Gasteiger partial charge in [0.05, 0.1) is 25.6 Å². The molecule has 2 amide bonds. The Morgan fingerprint density at radius 1 is 1.12 bits per heavy atom. The number of amides is 2. The zero-order chi connectivity index (χ0) is 22.8. The molecule has 2 aromatic carbocycles. The average Bonchev–Trinajstić information content (AvgIpc) is 3.53. The number of anilines is 1. The lowest BCUT2D eigenvalue weighted by Crippen LogP contribution is -2.35. The van der Waals surface area contributed by atoms with Crippen LogP contribution in [0.15, 0.2) is 41.4 Å². The van der Waals surface area contributed by atoms with Gasteiger partial charge < -0.3 is 14.8 Å². The number of ether oxygens (including phenoxy) is 2. The van der Waals surface area contributed by atoms with E-state index in [0.717, 1.165) is 29.7 Å². The Kier molecular flexibility index (Phi) is 6.41. The van der Waals surface area contributed by atoms with Gasteiger partial charge in [-0.25, -0.2) is 4.99 Å². The van der Waals surface area contributed by atoms with Gasteiger partial charge in [-0.05, 0) is 62.1 Å². The van der Waals surface area contributed by atoms with E-state index in [1.54, 1.807) is 30.2 Å². The van der Waals surface area contributed by atoms with Crippen LogP contribution in [0.5, 0.6) is 11.5 Å². The molecule has 1 heterocycles. The highest BCUT2D eigenvalue weighted by molar-refractivity contribution is 8.15. The topological polar surface area (TPSA) is 80.2 Å². The molecule has 1 saturated heterocycles. The summed E-state index contributed by atoms with van der Waals surface area (Å²) in [5.41, 5.74) is 3.62. The molecule has 0 bridgehead atoms. The zero-order valence-electron chi connectivity index (χ0n) is 18.7. The molecule has 1 unspecified atom stereocenters. The van der Waals surface area contributed by atoms with Crippen molar-refractivity contribution in [3.05, 3.63) is 47.5 Å². The second-order valence-corrected chi connectivity index (χ2v) is 9.27. The lowest BCUT2D eigenvalue weighted by molar-refractivity contribution is -0.128. The SMILES string of the molecule is COc1ccc(NC(=O)CC2SC(=Nc3cc(C)cc(C)c3)N(C3CC3)C2=O)c(OC)c1. The van der Waals surface area contributed by atoms with Gasteiger partial charge in [-0.2, -0.15) is 0 Å². The molecule has 7 nitrogen and oxygen atoms in total. The first-order chi connectivity index (χ1) is 15.4. The minimum atomic E-state index is -0.496. The van der Waals surface area contributed by atoms with Crippen LogP contribution in [0.3, 0.4) is 0 Å². The fourth-order valence-corrected chi connectivity index (χ4v) is 4.97. The largest absolute Gasteiger partial charge is 0.497 e. The molecule has 1 aliphatic heterocycles. The van der Waals surface area contributed by atoms with E-state index in [1.165, 1.54) is 18.9 Å². The standard InChI is InChI=1S/C24H27N3O4S/c1-14-9-15(2)11-16(10-14)25-24-27(17-5-6-17)23(29)21(32-24)13-22(28)26-19-8-7-18(30-3)12-20(19)31-4/h7-12,17,21H,5-6,13H2,1-4H3,(H,26,28). The molecule has 0 spiro atoms. The van der Waals surface area contributed by atoms with Gasteiger partial charge in [0.25, 0.3) is 0 Å². The lowest BCUT2D eigenvalue weighted by atomic mass is 10.1. The zero-order valence-corrected chi connectivity index (χ0v) is 19.5. The third-order valence-corrected chi connectivity index (χ3v) is 6.52. The fraction of sp³-hybridized carbons (Fsp3) is 0.375. The Morgan fingerprint density at radius 3 is 2.47 bits per heavy atom. The number of carbonyl (C=O) groups is 2. The highest BCUT2D eigenvalue weighted by Crippen LogP contribution is 2.40. The van der Waals surface area contributed by atoms with E-state index in [2.05, 4.69) is 11.4 Å². The van der Waals surface area contributed by atoms with Gasteiger partial charge in [-0.1, -0.05) is 17.8 Å². The third kappa shape index (κ3) is 4.91. The first-order valence-corrected chi connectivity index (χ1v) is 11.4. The summed E-state index contributed by atoms with van der Waals surface area (Å²) in [4.78, 5) is 32.4. The van der Waals surface area contributed by atoms with Crippen molar-refractivity contribution in [3.8, 4) is 11.5 Å². The Hall–Kier alpha value is -3.00. The van der Waals surface area contributed by atoms with Crippen LogP contribution in [0.1, 0.15) is 30.4 Å². The van der Waals surface area contributed by atoms with Crippen LogP contribution in [0.4, 0.5) is 11.4 Å². The number of carbonyl (C=O) groups excluding carboxylic acids is 2. The van der Waals surface area contributed by atoms with E-state index in [0.29, 0.717) is 22.4 Å². The van der Waals surface area contributed by atoms with Crippen LogP contribution in [-0.2, 0) is 9.59 Å². The molecule has 2 aromatic rings. The second kappa shape index (κ2) is 9.24. The van der Waals surface area contributed by atoms with Crippen molar-refractivity contribution in [1.29, 1.82) is 0 Å². The van der Waals surface area contributed by atoms with Crippen molar-refractivity contribution in [1.82, 2.24) is 4.90 Å². The van der Waals surface area contributed by atoms with Crippen LogP contribution >= 0.6 is 11.8 Å². The molecule has 168 valence electrons. The number of benzene rings is 2. The van der Waals surface area contributed by atoms with Crippen molar-refractivity contribution >= 4 is 40.1 Å². The first kappa shape index (κ1) is 22.2. The Bertz CT molecular complexity index is 1060. The molecule has 32 heavy (non-hydrogen) atoms. The molecule has 1 atom stereocenters.